The Labute approximate surface area is 118 Å². The van der Waals surface area contributed by atoms with Gasteiger partial charge in [0.25, 0.3) is 0 Å². The van der Waals surface area contributed by atoms with E-state index in [1.807, 2.05) is 0 Å². The summed E-state index contributed by atoms with van der Waals surface area (Å²) in [6, 6.07) is 9.99. The summed E-state index contributed by atoms with van der Waals surface area (Å²) < 4.78 is 0. The third kappa shape index (κ3) is 2.33. The standard InChI is InChI=1S/C18H29N/c1-6-14-9-11-15(12-10-14)16-13(4)17(19-8-3)18(16,5)7-2/h9-13,16-17,19H,6-8H2,1-5H3. The summed E-state index contributed by atoms with van der Waals surface area (Å²) in [5.74, 6) is 1.44. The fraction of sp³-hybridized carbons (Fsp3) is 0.667. The Bertz CT molecular complexity index is 408. The number of benzene rings is 1. The van der Waals surface area contributed by atoms with E-state index < -0.39 is 0 Å². The van der Waals surface area contributed by atoms with Crippen molar-refractivity contribution in [3.05, 3.63) is 35.4 Å². The quantitative estimate of drug-likeness (QED) is 0.827. The highest BCUT2D eigenvalue weighted by Crippen LogP contribution is 2.58. The van der Waals surface area contributed by atoms with Gasteiger partial charge in [-0.2, -0.15) is 0 Å². The van der Waals surface area contributed by atoms with E-state index in [2.05, 4.69) is 64.2 Å². The largest absolute Gasteiger partial charge is 0.313 e. The second-order valence-electron chi connectivity index (χ2n) is 6.33. The van der Waals surface area contributed by atoms with Crippen LogP contribution in [-0.2, 0) is 6.42 Å². The summed E-state index contributed by atoms with van der Waals surface area (Å²) in [6.45, 7) is 12.7. The number of hydrogen-bond acceptors (Lipinski definition) is 1. The Morgan fingerprint density at radius 2 is 1.74 bits per heavy atom. The molecule has 1 aromatic carbocycles. The minimum Gasteiger partial charge on any atom is -0.313 e. The summed E-state index contributed by atoms with van der Waals surface area (Å²) in [4.78, 5) is 0. The van der Waals surface area contributed by atoms with Gasteiger partial charge in [-0.1, -0.05) is 58.9 Å². The molecule has 1 N–H and O–H groups in total. The molecule has 0 aromatic heterocycles. The predicted octanol–water partition coefficient (Wildman–Crippen LogP) is 4.38. The highest BCUT2D eigenvalue weighted by atomic mass is 15.0. The Hall–Kier alpha value is -0.820. The fourth-order valence-corrected chi connectivity index (χ4v) is 4.19. The molecular formula is C18H29N. The van der Waals surface area contributed by atoms with Crippen LogP contribution >= 0.6 is 0 Å². The van der Waals surface area contributed by atoms with E-state index in [9.17, 15) is 0 Å². The Kier molecular flexibility index (Phi) is 4.35. The zero-order valence-corrected chi connectivity index (χ0v) is 13.2. The van der Waals surface area contributed by atoms with Crippen molar-refractivity contribution in [2.45, 2.75) is 59.4 Å². The molecule has 19 heavy (non-hydrogen) atoms. The van der Waals surface area contributed by atoms with Gasteiger partial charge in [0.15, 0.2) is 0 Å². The van der Waals surface area contributed by atoms with Gasteiger partial charge in [0.05, 0.1) is 0 Å². The molecule has 1 nitrogen and oxygen atoms in total. The molecule has 1 fully saturated rings. The Balaban J connectivity index is 2.23. The van der Waals surface area contributed by atoms with Gasteiger partial charge < -0.3 is 5.32 Å². The van der Waals surface area contributed by atoms with Gasteiger partial charge >= 0.3 is 0 Å². The first-order chi connectivity index (χ1) is 9.08. The molecule has 2 rings (SSSR count). The molecule has 4 atom stereocenters. The summed E-state index contributed by atoms with van der Waals surface area (Å²) in [6.07, 6.45) is 2.38. The zero-order chi connectivity index (χ0) is 14.0. The van der Waals surface area contributed by atoms with Crippen molar-refractivity contribution in [2.24, 2.45) is 11.3 Å². The van der Waals surface area contributed by atoms with Crippen molar-refractivity contribution in [3.8, 4) is 0 Å². The van der Waals surface area contributed by atoms with Crippen LogP contribution in [0.3, 0.4) is 0 Å². The third-order valence-electron chi connectivity index (χ3n) is 5.41. The van der Waals surface area contributed by atoms with Crippen molar-refractivity contribution in [1.82, 2.24) is 5.32 Å². The maximum atomic E-state index is 3.70. The highest BCUT2D eigenvalue weighted by Gasteiger charge is 2.55. The lowest BCUT2D eigenvalue weighted by Gasteiger charge is -2.60. The molecule has 0 aliphatic heterocycles. The first kappa shape index (κ1) is 14.6. The second kappa shape index (κ2) is 5.66. The van der Waals surface area contributed by atoms with E-state index in [0.29, 0.717) is 17.4 Å². The fourth-order valence-electron chi connectivity index (χ4n) is 4.19. The van der Waals surface area contributed by atoms with Crippen molar-refractivity contribution >= 4 is 0 Å². The lowest BCUT2D eigenvalue weighted by atomic mass is 9.48. The molecule has 0 bridgehead atoms. The van der Waals surface area contributed by atoms with Crippen LogP contribution in [-0.4, -0.2) is 12.6 Å². The molecule has 1 saturated carbocycles. The van der Waals surface area contributed by atoms with Gasteiger partial charge in [0, 0.05) is 6.04 Å². The van der Waals surface area contributed by atoms with Gasteiger partial charge in [-0.15, -0.1) is 0 Å². The van der Waals surface area contributed by atoms with E-state index in [1.54, 1.807) is 0 Å². The molecule has 1 aliphatic carbocycles. The monoisotopic (exact) mass is 259 g/mol. The molecule has 0 saturated heterocycles. The van der Waals surface area contributed by atoms with Crippen LogP contribution in [0.15, 0.2) is 24.3 Å². The lowest BCUT2D eigenvalue weighted by Crippen LogP contribution is -2.62. The summed E-state index contributed by atoms with van der Waals surface area (Å²) >= 11 is 0. The summed E-state index contributed by atoms with van der Waals surface area (Å²) in [5, 5.41) is 3.70. The van der Waals surface area contributed by atoms with Crippen LogP contribution in [0.4, 0.5) is 0 Å². The van der Waals surface area contributed by atoms with Crippen LogP contribution < -0.4 is 5.32 Å². The number of hydrogen-bond donors (Lipinski definition) is 1. The predicted molar refractivity (Wildman–Crippen MR) is 83.6 cm³/mol. The number of aryl methyl sites for hydroxylation is 1. The highest BCUT2D eigenvalue weighted by molar-refractivity contribution is 5.32. The van der Waals surface area contributed by atoms with Crippen LogP contribution in [0.25, 0.3) is 0 Å². The topological polar surface area (TPSA) is 12.0 Å². The second-order valence-corrected chi connectivity index (χ2v) is 6.33. The first-order valence-corrected chi connectivity index (χ1v) is 7.90. The summed E-state index contributed by atoms with van der Waals surface area (Å²) in [5.41, 5.74) is 3.38. The van der Waals surface area contributed by atoms with Crippen molar-refractivity contribution in [1.29, 1.82) is 0 Å². The molecular weight excluding hydrogens is 230 g/mol. The zero-order valence-electron chi connectivity index (χ0n) is 13.2. The van der Waals surface area contributed by atoms with E-state index in [1.165, 1.54) is 17.5 Å². The van der Waals surface area contributed by atoms with E-state index >= 15 is 0 Å². The molecule has 0 spiro atoms. The number of nitrogens with one attached hydrogen (secondary N) is 1. The van der Waals surface area contributed by atoms with Crippen LogP contribution in [0, 0.1) is 11.3 Å². The summed E-state index contributed by atoms with van der Waals surface area (Å²) in [7, 11) is 0. The minimum atomic E-state index is 0.406. The molecule has 106 valence electrons. The van der Waals surface area contributed by atoms with Crippen molar-refractivity contribution in [3.63, 3.8) is 0 Å². The van der Waals surface area contributed by atoms with Gasteiger partial charge in [0.2, 0.25) is 0 Å². The van der Waals surface area contributed by atoms with Gasteiger partial charge in [0.1, 0.15) is 0 Å². The normalized spacial score (nSPS) is 34.1. The van der Waals surface area contributed by atoms with Crippen molar-refractivity contribution < 1.29 is 0 Å². The maximum Gasteiger partial charge on any atom is 0.0158 e. The maximum absolute atomic E-state index is 3.70. The molecule has 1 aromatic rings. The first-order valence-electron chi connectivity index (χ1n) is 7.90. The van der Waals surface area contributed by atoms with Crippen LogP contribution in [0.1, 0.15) is 58.1 Å². The minimum absolute atomic E-state index is 0.406. The van der Waals surface area contributed by atoms with Crippen LogP contribution in [0.5, 0.6) is 0 Å². The Morgan fingerprint density at radius 1 is 1.11 bits per heavy atom. The number of rotatable bonds is 5. The average Bonchev–Trinajstić information content (AvgIpc) is 2.45. The molecule has 0 radical (unpaired) electrons. The van der Waals surface area contributed by atoms with E-state index in [-0.39, 0.29) is 0 Å². The smallest absolute Gasteiger partial charge is 0.0158 e. The van der Waals surface area contributed by atoms with Crippen molar-refractivity contribution in [2.75, 3.05) is 6.54 Å². The van der Waals surface area contributed by atoms with Gasteiger partial charge in [-0.25, -0.2) is 0 Å². The molecule has 0 heterocycles. The molecule has 4 unspecified atom stereocenters. The SMILES string of the molecule is CCNC1C(C)C(c2ccc(CC)cc2)C1(C)CC. The van der Waals surface area contributed by atoms with Gasteiger partial charge in [-0.3, -0.25) is 0 Å². The lowest BCUT2D eigenvalue weighted by molar-refractivity contribution is -0.0187. The molecule has 0 amide bonds. The van der Waals surface area contributed by atoms with Crippen LogP contribution in [0.2, 0.25) is 0 Å². The molecule has 1 aliphatic rings. The van der Waals surface area contributed by atoms with E-state index in [0.717, 1.165) is 18.9 Å². The van der Waals surface area contributed by atoms with Gasteiger partial charge in [-0.05, 0) is 47.8 Å². The van der Waals surface area contributed by atoms with E-state index in [4.69, 9.17) is 0 Å². The third-order valence-corrected chi connectivity index (χ3v) is 5.41. The average molecular weight is 259 g/mol. The molecule has 1 heteroatoms. The Morgan fingerprint density at radius 3 is 2.21 bits per heavy atom.